The molecular formula is C23H25N3O4. The van der Waals surface area contributed by atoms with E-state index in [0.717, 1.165) is 16.7 Å². The molecule has 1 unspecified atom stereocenters. The van der Waals surface area contributed by atoms with E-state index in [0.29, 0.717) is 42.6 Å². The van der Waals surface area contributed by atoms with Gasteiger partial charge in [-0.1, -0.05) is 28.9 Å². The number of amides is 1. The highest BCUT2D eigenvalue weighted by atomic mass is 16.5. The van der Waals surface area contributed by atoms with E-state index in [9.17, 15) is 4.79 Å². The fourth-order valence-electron chi connectivity index (χ4n) is 3.77. The predicted molar refractivity (Wildman–Crippen MR) is 111 cm³/mol. The molecule has 1 saturated heterocycles. The van der Waals surface area contributed by atoms with E-state index in [4.69, 9.17) is 14.0 Å². The second-order valence-electron chi connectivity index (χ2n) is 7.56. The predicted octanol–water partition coefficient (Wildman–Crippen LogP) is 4.23. The van der Waals surface area contributed by atoms with Gasteiger partial charge in [-0.3, -0.25) is 4.79 Å². The van der Waals surface area contributed by atoms with Crippen molar-refractivity contribution in [3.05, 3.63) is 59.0 Å². The molecule has 2 aromatic carbocycles. The van der Waals surface area contributed by atoms with Crippen molar-refractivity contribution in [3.63, 3.8) is 0 Å². The van der Waals surface area contributed by atoms with Crippen LogP contribution in [-0.4, -0.2) is 35.2 Å². The summed E-state index contributed by atoms with van der Waals surface area (Å²) in [7, 11) is 3.19. The lowest BCUT2D eigenvalue weighted by atomic mass is 10.0. The molecule has 0 radical (unpaired) electrons. The van der Waals surface area contributed by atoms with Gasteiger partial charge in [-0.15, -0.1) is 0 Å². The Hall–Kier alpha value is -3.35. The Kier molecular flexibility index (Phi) is 5.44. The minimum absolute atomic E-state index is 0.101. The van der Waals surface area contributed by atoms with Crippen LogP contribution < -0.4 is 9.47 Å². The number of likely N-dealkylation sites (tertiary alicyclic amines) is 1. The molecule has 0 bridgehead atoms. The quantitative estimate of drug-likeness (QED) is 0.608. The first-order valence-electron chi connectivity index (χ1n) is 9.91. The van der Waals surface area contributed by atoms with Gasteiger partial charge in [0.15, 0.2) is 0 Å². The second kappa shape index (κ2) is 8.18. The molecule has 1 aromatic heterocycles. The molecule has 1 fully saturated rings. The number of benzene rings is 2. The van der Waals surface area contributed by atoms with E-state index >= 15 is 0 Å². The molecular weight excluding hydrogens is 382 g/mol. The highest BCUT2D eigenvalue weighted by Gasteiger charge is 2.36. The molecule has 0 spiro atoms. The van der Waals surface area contributed by atoms with Gasteiger partial charge >= 0.3 is 0 Å². The van der Waals surface area contributed by atoms with Crippen molar-refractivity contribution in [2.75, 3.05) is 14.2 Å². The number of rotatable bonds is 6. The SMILES string of the molecule is COc1cc(OC)cc(-c2noc(C3CCC(=O)N3Cc3cc(C)ccc3C)n2)c1. The summed E-state index contributed by atoms with van der Waals surface area (Å²) in [6, 6.07) is 11.5. The fraction of sp³-hybridized carbons (Fsp3) is 0.348. The Morgan fingerprint density at radius 1 is 1.10 bits per heavy atom. The summed E-state index contributed by atoms with van der Waals surface area (Å²) in [5, 5.41) is 4.14. The largest absolute Gasteiger partial charge is 0.497 e. The highest BCUT2D eigenvalue weighted by molar-refractivity contribution is 5.79. The zero-order valence-electron chi connectivity index (χ0n) is 17.6. The average molecular weight is 407 g/mol. The van der Waals surface area contributed by atoms with E-state index in [1.807, 2.05) is 17.0 Å². The summed E-state index contributed by atoms with van der Waals surface area (Å²) in [6.07, 6.45) is 1.13. The monoisotopic (exact) mass is 407 g/mol. The van der Waals surface area contributed by atoms with Crippen LogP contribution >= 0.6 is 0 Å². The van der Waals surface area contributed by atoms with Gasteiger partial charge in [0.1, 0.15) is 17.5 Å². The molecule has 2 heterocycles. The van der Waals surface area contributed by atoms with Gasteiger partial charge in [0.25, 0.3) is 0 Å². The summed E-state index contributed by atoms with van der Waals surface area (Å²) in [4.78, 5) is 19.0. The van der Waals surface area contributed by atoms with Crippen molar-refractivity contribution in [2.45, 2.75) is 39.3 Å². The molecule has 0 saturated carbocycles. The topological polar surface area (TPSA) is 77.7 Å². The van der Waals surface area contributed by atoms with Crippen molar-refractivity contribution < 1.29 is 18.8 Å². The van der Waals surface area contributed by atoms with E-state index in [2.05, 4.69) is 42.2 Å². The molecule has 7 nitrogen and oxygen atoms in total. The average Bonchev–Trinajstić information content (AvgIpc) is 3.37. The van der Waals surface area contributed by atoms with E-state index < -0.39 is 0 Å². The maximum Gasteiger partial charge on any atom is 0.249 e. The number of aromatic nitrogens is 2. The Balaban J connectivity index is 1.62. The lowest BCUT2D eigenvalue weighted by Crippen LogP contribution is -2.27. The molecule has 1 aliphatic rings. The molecule has 3 aromatic rings. The fourth-order valence-corrected chi connectivity index (χ4v) is 3.77. The lowest BCUT2D eigenvalue weighted by Gasteiger charge is -2.23. The van der Waals surface area contributed by atoms with Gasteiger partial charge in [-0.2, -0.15) is 4.98 Å². The maximum absolute atomic E-state index is 12.6. The zero-order chi connectivity index (χ0) is 21.3. The minimum atomic E-state index is -0.230. The zero-order valence-corrected chi connectivity index (χ0v) is 17.6. The van der Waals surface area contributed by atoms with Gasteiger partial charge in [0, 0.05) is 24.6 Å². The molecule has 30 heavy (non-hydrogen) atoms. The van der Waals surface area contributed by atoms with Crippen molar-refractivity contribution in [1.29, 1.82) is 0 Å². The Morgan fingerprint density at radius 2 is 1.83 bits per heavy atom. The van der Waals surface area contributed by atoms with Crippen LogP contribution in [0.1, 0.15) is 41.5 Å². The summed E-state index contributed by atoms with van der Waals surface area (Å²) in [5.74, 6) is 2.27. The van der Waals surface area contributed by atoms with Gasteiger partial charge in [-0.25, -0.2) is 0 Å². The number of carbonyl (C=O) groups is 1. The van der Waals surface area contributed by atoms with Crippen molar-refractivity contribution in [2.24, 2.45) is 0 Å². The smallest absolute Gasteiger partial charge is 0.249 e. The normalized spacial score (nSPS) is 16.2. The number of carbonyl (C=O) groups excluding carboxylic acids is 1. The Morgan fingerprint density at radius 3 is 2.53 bits per heavy atom. The van der Waals surface area contributed by atoms with E-state index in [1.54, 1.807) is 20.3 Å². The second-order valence-corrected chi connectivity index (χ2v) is 7.56. The molecule has 1 amide bonds. The van der Waals surface area contributed by atoms with Crippen LogP contribution in [0.5, 0.6) is 11.5 Å². The Labute approximate surface area is 175 Å². The third-order valence-corrected chi connectivity index (χ3v) is 5.51. The van der Waals surface area contributed by atoms with Crippen LogP contribution in [-0.2, 0) is 11.3 Å². The number of methoxy groups -OCH3 is 2. The highest BCUT2D eigenvalue weighted by Crippen LogP contribution is 2.35. The van der Waals surface area contributed by atoms with Crippen LogP contribution in [0.2, 0.25) is 0 Å². The van der Waals surface area contributed by atoms with Crippen LogP contribution in [0.3, 0.4) is 0 Å². The van der Waals surface area contributed by atoms with Crippen LogP contribution in [0.4, 0.5) is 0 Å². The molecule has 1 aliphatic heterocycles. The molecule has 4 rings (SSSR count). The summed E-state index contributed by atoms with van der Waals surface area (Å²) >= 11 is 0. The number of aryl methyl sites for hydroxylation is 2. The standard InChI is InChI=1S/C23H25N3O4/c1-14-5-6-15(2)17(9-14)13-26-20(7-8-21(26)27)23-24-22(25-30-23)16-10-18(28-3)12-19(11-16)29-4/h5-6,9-12,20H,7-8,13H2,1-4H3. The number of ether oxygens (including phenoxy) is 2. The minimum Gasteiger partial charge on any atom is -0.497 e. The van der Waals surface area contributed by atoms with Crippen molar-refractivity contribution in [1.82, 2.24) is 15.0 Å². The van der Waals surface area contributed by atoms with Crippen molar-refractivity contribution >= 4 is 5.91 Å². The first-order chi connectivity index (χ1) is 14.5. The van der Waals surface area contributed by atoms with E-state index in [-0.39, 0.29) is 11.9 Å². The molecule has 1 atom stereocenters. The Bertz CT molecular complexity index is 1050. The molecule has 0 N–H and O–H groups in total. The van der Waals surface area contributed by atoms with Crippen molar-refractivity contribution in [3.8, 4) is 22.9 Å². The number of hydrogen-bond donors (Lipinski definition) is 0. The molecule has 7 heteroatoms. The first-order valence-corrected chi connectivity index (χ1v) is 9.91. The molecule has 156 valence electrons. The van der Waals surface area contributed by atoms with Crippen LogP contribution in [0.15, 0.2) is 40.9 Å². The van der Waals surface area contributed by atoms with Crippen LogP contribution in [0.25, 0.3) is 11.4 Å². The van der Waals surface area contributed by atoms with Gasteiger partial charge in [0.05, 0.1) is 14.2 Å². The van der Waals surface area contributed by atoms with Gasteiger partial charge < -0.3 is 18.9 Å². The lowest BCUT2D eigenvalue weighted by molar-refractivity contribution is -0.130. The van der Waals surface area contributed by atoms with Gasteiger partial charge in [0.2, 0.25) is 17.6 Å². The summed E-state index contributed by atoms with van der Waals surface area (Å²) in [5.41, 5.74) is 4.19. The van der Waals surface area contributed by atoms with Gasteiger partial charge in [-0.05, 0) is 43.5 Å². The summed E-state index contributed by atoms with van der Waals surface area (Å²) < 4.78 is 16.2. The van der Waals surface area contributed by atoms with E-state index in [1.165, 1.54) is 5.56 Å². The molecule has 0 aliphatic carbocycles. The third kappa shape index (κ3) is 3.87. The number of hydrogen-bond acceptors (Lipinski definition) is 6. The first kappa shape index (κ1) is 19.9. The third-order valence-electron chi connectivity index (χ3n) is 5.51. The summed E-state index contributed by atoms with van der Waals surface area (Å²) in [6.45, 7) is 4.64. The van der Waals surface area contributed by atoms with Crippen LogP contribution in [0, 0.1) is 13.8 Å². The maximum atomic E-state index is 12.6. The number of nitrogens with zero attached hydrogens (tertiary/aromatic N) is 3.